The number of fused-ring (bicyclic) bond motifs is 1. The van der Waals surface area contributed by atoms with Gasteiger partial charge in [0.25, 0.3) is 0 Å². The molecular formula is C21H21NO3. The van der Waals surface area contributed by atoms with Crippen LogP contribution in [-0.2, 0) is 14.9 Å². The van der Waals surface area contributed by atoms with Crippen LogP contribution in [0.5, 0.6) is 0 Å². The van der Waals surface area contributed by atoms with Gasteiger partial charge < -0.3 is 9.64 Å². The molecule has 1 aliphatic heterocycles. The molecule has 25 heavy (non-hydrogen) atoms. The molecule has 0 aliphatic carbocycles. The smallest absolute Gasteiger partial charge is 0.338 e. The van der Waals surface area contributed by atoms with Gasteiger partial charge in [-0.25, -0.2) is 4.79 Å². The van der Waals surface area contributed by atoms with E-state index in [1.807, 2.05) is 55.5 Å². The molecule has 4 nitrogen and oxygen atoms in total. The molecule has 4 heteroatoms. The van der Waals surface area contributed by atoms with Crippen LogP contribution in [0.3, 0.4) is 0 Å². The number of rotatable bonds is 4. The summed E-state index contributed by atoms with van der Waals surface area (Å²) in [7, 11) is 1.80. The molecule has 0 spiro atoms. The maximum Gasteiger partial charge on any atom is 0.338 e. The van der Waals surface area contributed by atoms with Crippen LogP contribution in [0.1, 0.15) is 35.3 Å². The van der Waals surface area contributed by atoms with E-state index >= 15 is 0 Å². The van der Waals surface area contributed by atoms with Crippen LogP contribution in [0.4, 0.5) is 5.69 Å². The van der Waals surface area contributed by atoms with E-state index in [0.29, 0.717) is 12.2 Å². The molecule has 0 saturated heterocycles. The van der Waals surface area contributed by atoms with Gasteiger partial charge in [-0.3, -0.25) is 4.79 Å². The van der Waals surface area contributed by atoms with Crippen LogP contribution in [-0.4, -0.2) is 25.5 Å². The largest absolute Gasteiger partial charge is 0.462 e. The Balaban J connectivity index is 1.87. The summed E-state index contributed by atoms with van der Waals surface area (Å²) < 4.78 is 4.98. The Bertz CT molecular complexity index is 838. The average molecular weight is 335 g/mol. The van der Waals surface area contributed by atoms with Gasteiger partial charge in [-0.05, 0) is 43.2 Å². The van der Waals surface area contributed by atoms with Crippen molar-refractivity contribution in [1.29, 1.82) is 0 Å². The van der Waals surface area contributed by atoms with E-state index in [4.69, 9.17) is 4.74 Å². The lowest BCUT2D eigenvalue weighted by molar-refractivity contribution is -0.120. The molecule has 2 aromatic rings. The number of nitrogens with zero attached hydrogens (tertiary/aromatic N) is 1. The number of likely N-dealkylation sites (N-methyl/N-ethyl adjacent to an activating group) is 1. The molecule has 1 heterocycles. The van der Waals surface area contributed by atoms with E-state index in [9.17, 15) is 9.59 Å². The highest BCUT2D eigenvalue weighted by atomic mass is 16.5. The summed E-state index contributed by atoms with van der Waals surface area (Å²) in [5.74, 6) is -0.278. The number of hydrogen-bond donors (Lipinski definition) is 0. The van der Waals surface area contributed by atoms with Gasteiger partial charge in [-0.2, -0.15) is 0 Å². The van der Waals surface area contributed by atoms with Gasteiger partial charge in [-0.15, -0.1) is 0 Å². The first-order chi connectivity index (χ1) is 12.0. The van der Waals surface area contributed by atoms with Gasteiger partial charge in [0.2, 0.25) is 5.91 Å². The first kappa shape index (κ1) is 17.0. The predicted molar refractivity (Wildman–Crippen MR) is 98.6 cm³/mol. The van der Waals surface area contributed by atoms with Gasteiger partial charge >= 0.3 is 5.97 Å². The maximum absolute atomic E-state index is 12.7. The molecule has 0 radical (unpaired) electrons. The Morgan fingerprint density at radius 1 is 1.16 bits per heavy atom. The fraction of sp³-hybridized carbons (Fsp3) is 0.238. The molecule has 0 N–H and O–H groups in total. The Morgan fingerprint density at radius 3 is 2.52 bits per heavy atom. The van der Waals surface area contributed by atoms with E-state index in [1.165, 1.54) is 0 Å². The monoisotopic (exact) mass is 335 g/mol. The molecule has 1 amide bonds. The van der Waals surface area contributed by atoms with Crippen molar-refractivity contribution in [2.24, 2.45) is 0 Å². The number of anilines is 1. The minimum absolute atomic E-state index is 0.0492. The van der Waals surface area contributed by atoms with Crippen molar-refractivity contribution in [3.8, 4) is 0 Å². The zero-order valence-electron chi connectivity index (χ0n) is 14.7. The quantitative estimate of drug-likeness (QED) is 0.798. The molecule has 2 aromatic carbocycles. The Hall–Kier alpha value is -2.88. The summed E-state index contributed by atoms with van der Waals surface area (Å²) in [5, 5.41) is 0. The number of hydrogen-bond acceptors (Lipinski definition) is 3. The lowest BCUT2D eigenvalue weighted by Gasteiger charge is -2.18. The van der Waals surface area contributed by atoms with Crippen LogP contribution in [0.25, 0.3) is 6.08 Å². The Kier molecular flexibility index (Phi) is 4.45. The fourth-order valence-corrected chi connectivity index (χ4v) is 3.15. The van der Waals surface area contributed by atoms with Gasteiger partial charge in [0.1, 0.15) is 0 Å². The Morgan fingerprint density at radius 2 is 1.84 bits per heavy atom. The zero-order valence-corrected chi connectivity index (χ0v) is 14.7. The van der Waals surface area contributed by atoms with Crippen molar-refractivity contribution >= 4 is 23.6 Å². The van der Waals surface area contributed by atoms with Crippen LogP contribution in [0.2, 0.25) is 0 Å². The zero-order chi connectivity index (χ0) is 18.0. The van der Waals surface area contributed by atoms with E-state index in [0.717, 1.165) is 16.8 Å². The number of carbonyl (C=O) groups excluding carboxylic acids is 2. The summed E-state index contributed by atoms with van der Waals surface area (Å²) in [6, 6.07) is 15.0. The topological polar surface area (TPSA) is 46.6 Å². The normalized spacial score (nSPS) is 19.3. The van der Waals surface area contributed by atoms with Gasteiger partial charge in [0, 0.05) is 12.7 Å². The average Bonchev–Trinajstić information content (AvgIpc) is 2.83. The second kappa shape index (κ2) is 6.55. The maximum atomic E-state index is 12.7. The SMILES string of the molecule is CCOC(=O)c1ccc(/C=C/C2(C)C(=O)N(C)c3ccccc32)cc1. The summed E-state index contributed by atoms with van der Waals surface area (Å²) in [6.45, 7) is 4.07. The molecule has 1 aliphatic rings. The highest BCUT2D eigenvalue weighted by Gasteiger charge is 2.43. The number of benzene rings is 2. The first-order valence-electron chi connectivity index (χ1n) is 8.31. The van der Waals surface area contributed by atoms with Crippen molar-refractivity contribution in [2.45, 2.75) is 19.3 Å². The Labute approximate surface area is 147 Å². The second-order valence-corrected chi connectivity index (χ2v) is 6.26. The van der Waals surface area contributed by atoms with Crippen molar-refractivity contribution < 1.29 is 14.3 Å². The van der Waals surface area contributed by atoms with Crippen LogP contribution < -0.4 is 4.90 Å². The number of para-hydroxylation sites is 1. The first-order valence-corrected chi connectivity index (χ1v) is 8.31. The number of carbonyl (C=O) groups is 2. The highest BCUT2D eigenvalue weighted by Crippen LogP contribution is 2.42. The van der Waals surface area contributed by atoms with E-state index in [2.05, 4.69) is 0 Å². The third-order valence-electron chi connectivity index (χ3n) is 4.60. The minimum atomic E-state index is -0.689. The van der Waals surface area contributed by atoms with E-state index < -0.39 is 5.41 Å². The van der Waals surface area contributed by atoms with E-state index in [-0.39, 0.29) is 11.9 Å². The highest BCUT2D eigenvalue weighted by molar-refractivity contribution is 6.09. The predicted octanol–water partition coefficient (Wildman–Crippen LogP) is 3.81. The van der Waals surface area contributed by atoms with Gasteiger partial charge in [0.05, 0.1) is 17.6 Å². The van der Waals surface area contributed by atoms with Crippen LogP contribution >= 0.6 is 0 Å². The van der Waals surface area contributed by atoms with Crippen LogP contribution in [0, 0.1) is 0 Å². The third kappa shape index (κ3) is 2.95. The third-order valence-corrected chi connectivity index (χ3v) is 4.60. The van der Waals surface area contributed by atoms with Crippen molar-refractivity contribution in [1.82, 2.24) is 0 Å². The summed E-state index contributed by atoms with van der Waals surface area (Å²) in [4.78, 5) is 26.1. The molecule has 0 saturated carbocycles. The lowest BCUT2D eigenvalue weighted by atomic mass is 9.83. The lowest BCUT2D eigenvalue weighted by Crippen LogP contribution is -2.34. The molecule has 128 valence electrons. The molecule has 1 atom stereocenters. The molecular weight excluding hydrogens is 314 g/mol. The van der Waals surface area contributed by atoms with E-state index in [1.54, 1.807) is 31.0 Å². The van der Waals surface area contributed by atoms with Crippen molar-refractivity contribution in [3.63, 3.8) is 0 Å². The molecule has 0 bridgehead atoms. The fourth-order valence-electron chi connectivity index (χ4n) is 3.15. The van der Waals surface area contributed by atoms with Crippen molar-refractivity contribution in [2.75, 3.05) is 18.6 Å². The summed E-state index contributed by atoms with van der Waals surface area (Å²) in [6.07, 6.45) is 3.85. The second-order valence-electron chi connectivity index (χ2n) is 6.26. The number of amides is 1. The minimum Gasteiger partial charge on any atom is -0.462 e. The number of ether oxygens (including phenoxy) is 1. The molecule has 3 rings (SSSR count). The summed E-state index contributed by atoms with van der Waals surface area (Å²) in [5.41, 5.74) is 2.70. The van der Waals surface area contributed by atoms with Crippen molar-refractivity contribution in [3.05, 3.63) is 71.3 Å². The van der Waals surface area contributed by atoms with Crippen LogP contribution in [0.15, 0.2) is 54.6 Å². The molecule has 1 unspecified atom stereocenters. The molecule has 0 aromatic heterocycles. The standard InChI is InChI=1S/C21H21NO3/c1-4-25-19(23)16-11-9-15(10-12-16)13-14-21(2)17-7-5-6-8-18(17)22(3)20(21)24/h5-14H,4H2,1-3H3/b14-13+. The van der Waals surface area contributed by atoms with Gasteiger partial charge in [0.15, 0.2) is 0 Å². The molecule has 0 fully saturated rings. The number of esters is 1. The summed E-state index contributed by atoms with van der Waals surface area (Å²) >= 11 is 0. The van der Waals surface area contributed by atoms with Gasteiger partial charge in [-0.1, -0.05) is 42.5 Å².